The van der Waals surface area contributed by atoms with E-state index >= 15 is 0 Å². The summed E-state index contributed by atoms with van der Waals surface area (Å²) >= 11 is 0. The molecule has 0 saturated heterocycles. The second kappa shape index (κ2) is 11.2. The molecule has 0 aliphatic heterocycles. The molecule has 0 amide bonds. The van der Waals surface area contributed by atoms with Gasteiger partial charge in [-0.25, -0.2) is 0 Å². The second-order valence-corrected chi connectivity index (χ2v) is 8.30. The van der Waals surface area contributed by atoms with Gasteiger partial charge >= 0.3 is 0 Å². The second-order valence-electron chi connectivity index (χ2n) is 8.30. The maximum Gasteiger partial charge on any atom is 0.120 e. The van der Waals surface area contributed by atoms with Crippen molar-refractivity contribution in [2.75, 3.05) is 6.61 Å². The third-order valence-electron chi connectivity index (χ3n) is 4.73. The van der Waals surface area contributed by atoms with Gasteiger partial charge in [0.05, 0.1) is 6.10 Å². The molecular formula is C19H38O3. The summed E-state index contributed by atoms with van der Waals surface area (Å²) in [6.45, 7) is 9.15. The van der Waals surface area contributed by atoms with E-state index in [1.54, 1.807) is 0 Å². The smallest absolute Gasteiger partial charge is 0.120 e. The number of aliphatic hydroxyl groups excluding tert-OH is 2. The lowest BCUT2D eigenvalue weighted by Crippen LogP contribution is -2.15. The van der Waals surface area contributed by atoms with Crippen molar-refractivity contribution >= 4 is 6.29 Å². The van der Waals surface area contributed by atoms with Crippen LogP contribution in [0, 0.1) is 10.8 Å². The van der Waals surface area contributed by atoms with Crippen molar-refractivity contribution in [2.24, 2.45) is 10.8 Å². The first-order valence-electron chi connectivity index (χ1n) is 8.95. The van der Waals surface area contributed by atoms with Crippen LogP contribution in [0.1, 0.15) is 91.9 Å². The van der Waals surface area contributed by atoms with Crippen LogP contribution in [0.15, 0.2) is 0 Å². The predicted octanol–water partition coefficient (Wildman–Crippen LogP) is 4.49. The Morgan fingerprint density at radius 2 is 1.32 bits per heavy atom. The van der Waals surface area contributed by atoms with E-state index in [1.165, 1.54) is 0 Å². The molecule has 0 bridgehead atoms. The summed E-state index contributed by atoms with van der Waals surface area (Å²) in [4.78, 5) is 10.4. The van der Waals surface area contributed by atoms with E-state index < -0.39 is 0 Å². The van der Waals surface area contributed by atoms with E-state index in [1.807, 2.05) is 0 Å². The number of hydrogen-bond acceptors (Lipinski definition) is 3. The van der Waals surface area contributed by atoms with Crippen molar-refractivity contribution in [3.8, 4) is 0 Å². The quantitative estimate of drug-likeness (QED) is 0.464. The van der Waals surface area contributed by atoms with Crippen molar-refractivity contribution in [3.05, 3.63) is 0 Å². The van der Waals surface area contributed by atoms with Crippen LogP contribution in [0.2, 0.25) is 0 Å². The highest BCUT2D eigenvalue weighted by Gasteiger charge is 2.19. The monoisotopic (exact) mass is 314 g/mol. The maximum absolute atomic E-state index is 10.4. The topological polar surface area (TPSA) is 57.5 Å². The van der Waals surface area contributed by atoms with Gasteiger partial charge < -0.3 is 15.0 Å². The fourth-order valence-corrected chi connectivity index (χ4v) is 3.03. The summed E-state index contributed by atoms with van der Waals surface area (Å²) in [5.74, 6) is 0. The fourth-order valence-electron chi connectivity index (χ4n) is 3.03. The Hall–Kier alpha value is -0.410. The van der Waals surface area contributed by atoms with E-state index in [-0.39, 0.29) is 23.5 Å². The zero-order valence-corrected chi connectivity index (χ0v) is 15.2. The van der Waals surface area contributed by atoms with Gasteiger partial charge in [-0.3, -0.25) is 0 Å². The summed E-state index contributed by atoms with van der Waals surface area (Å²) in [5, 5.41) is 19.0. The highest BCUT2D eigenvalue weighted by molar-refractivity contribution is 5.49. The van der Waals surface area contributed by atoms with Crippen LogP contribution in [0.5, 0.6) is 0 Å². The molecule has 1 unspecified atom stereocenters. The lowest BCUT2D eigenvalue weighted by atomic mass is 9.81. The Morgan fingerprint density at radius 3 is 1.77 bits per heavy atom. The molecule has 0 aliphatic carbocycles. The van der Waals surface area contributed by atoms with Gasteiger partial charge in [0.15, 0.2) is 0 Å². The lowest BCUT2D eigenvalue weighted by Gasteiger charge is -2.25. The largest absolute Gasteiger partial charge is 0.396 e. The minimum Gasteiger partial charge on any atom is -0.396 e. The van der Waals surface area contributed by atoms with E-state index in [0.29, 0.717) is 6.42 Å². The third-order valence-corrected chi connectivity index (χ3v) is 4.73. The summed E-state index contributed by atoms with van der Waals surface area (Å²) < 4.78 is 0. The normalized spacial score (nSPS) is 14.1. The molecule has 0 fully saturated rings. The molecule has 22 heavy (non-hydrogen) atoms. The van der Waals surface area contributed by atoms with Gasteiger partial charge in [-0.1, -0.05) is 40.5 Å². The van der Waals surface area contributed by atoms with Gasteiger partial charge in [0.1, 0.15) is 6.29 Å². The first kappa shape index (κ1) is 21.6. The molecule has 0 aromatic heterocycles. The molecule has 0 radical (unpaired) electrons. The lowest BCUT2D eigenvalue weighted by molar-refractivity contribution is -0.108. The van der Waals surface area contributed by atoms with Crippen LogP contribution in [0.25, 0.3) is 0 Å². The van der Waals surface area contributed by atoms with E-state index in [2.05, 4.69) is 27.7 Å². The van der Waals surface area contributed by atoms with Crippen LogP contribution in [0.4, 0.5) is 0 Å². The SMILES string of the molecule is CC(C)(CCC=O)CCCC(O)CCCC(C)(C)CCCO. The molecule has 1 atom stereocenters. The number of carbonyl (C=O) groups is 1. The molecule has 132 valence electrons. The van der Waals surface area contributed by atoms with Gasteiger partial charge in [-0.2, -0.15) is 0 Å². The van der Waals surface area contributed by atoms with Crippen molar-refractivity contribution in [3.63, 3.8) is 0 Å². The molecule has 0 heterocycles. The van der Waals surface area contributed by atoms with E-state index in [4.69, 9.17) is 5.11 Å². The first-order chi connectivity index (χ1) is 10.2. The van der Waals surface area contributed by atoms with Gasteiger partial charge in [-0.15, -0.1) is 0 Å². The average Bonchev–Trinajstić information content (AvgIpc) is 2.42. The minimum atomic E-state index is -0.199. The van der Waals surface area contributed by atoms with Crippen molar-refractivity contribution < 1.29 is 15.0 Å². The van der Waals surface area contributed by atoms with E-state index in [0.717, 1.165) is 64.1 Å². The molecule has 3 nitrogen and oxygen atoms in total. The predicted molar refractivity (Wildman–Crippen MR) is 92.9 cm³/mol. The highest BCUT2D eigenvalue weighted by atomic mass is 16.3. The Balaban J connectivity index is 3.77. The number of aliphatic hydroxyl groups is 2. The molecule has 0 aliphatic rings. The fraction of sp³-hybridized carbons (Fsp3) is 0.947. The van der Waals surface area contributed by atoms with Crippen molar-refractivity contribution in [2.45, 2.75) is 98.0 Å². The van der Waals surface area contributed by atoms with Gasteiger partial charge in [0.2, 0.25) is 0 Å². The van der Waals surface area contributed by atoms with Crippen molar-refractivity contribution in [1.82, 2.24) is 0 Å². The van der Waals surface area contributed by atoms with Crippen LogP contribution in [-0.2, 0) is 4.79 Å². The van der Waals surface area contributed by atoms with Crippen molar-refractivity contribution in [1.29, 1.82) is 0 Å². The van der Waals surface area contributed by atoms with Crippen LogP contribution >= 0.6 is 0 Å². The summed E-state index contributed by atoms with van der Waals surface area (Å²) in [5.41, 5.74) is 0.464. The molecule has 2 N–H and O–H groups in total. The molecule has 0 spiro atoms. The first-order valence-corrected chi connectivity index (χ1v) is 8.95. The van der Waals surface area contributed by atoms with Crippen LogP contribution in [-0.4, -0.2) is 29.2 Å². The average molecular weight is 315 g/mol. The Morgan fingerprint density at radius 1 is 0.864 bits per heavy atom. The number of rotatable bonds is 14. The summed E-state index contributed by atoms with van der Waals surface area (Å²) in [7, 11) is 0. The van der Waals surface area contributed by atoms with Crippen LogP contribution < -0.4 is 0 Å². The highest BCUT2D eigenvalue weighted by Crippen LogP contribution is 2.31. The van der Waals surface area contributed by atoms with Crippen LogP contribution in [0.3, 0.4) is 0 Å². The summed E-state index contributed by atoms with van der Waals surface area (Å²) in [6.07, 6.45) is 10.3. The summed E-state index contributed by atoms with van der Waals surface area (Å²) in [6, 6.07) is 0. The molecule has 3 heteroatoms. The maximum atomic E-state index is 10.4. The molecule has 0 aromatic carbocycles. The van der Waals surface area contributed by atoms with Gasteiger partial charge in [-0.05, 0) is 55.8 Å². The third kappa shape index (κ3) is 12.2. The zero-order valence-electron chi connectivity index (χ0n) is 15.2. The Bertz CT molecular complexity index is 284. The molecule has 0 saturated carbocycles. The van der Waals surface area contributed by atoms with Gasteiger partial charge in [0.25, 0.3) is 0 Å². The minimum absolute atomic E-state index is 0.199. The zero-order chi connectivity index (χ0) is 17.1. The number of hydrogen-bond donors (Lipinski definition) is 2. The number of aldehydes is 1. The number of carbonyl (C=O) groups excluding carboxylic acids is 1. The molecule has 0 rings (SSSR count). The molecular weight excluding hydrogens is 276 g/mol. The molecule has 0 aromatic rings. The Labute approximate surface area is 137 Å². The Kier molecular flexibility index (Phi) is 11.0. The van der Waals surface area contributed by atoms with E-state index in [9.17, 15) is 9.90 Å². The standard InChI is InChI=1S/C19H38O3/c1-18(2,13-7-15-20)11-5-9-17(22)10-6-12-19(3,4)14-8-16-21/h15,17,21-22H,5-14,16H2,1-4H3. The van der Waals surface area contributed by atoms with Gasteiger partial charge in [0, 0.05) is 13.0 Å².